The highest BCUT2D eigenvalue weighted by Gasteiger charge is 2.30. The maximum Gasteiger partial charge on any atom is 0.265 e. The van der Waals surface area contributed by atoms with Gasteiger partial charge in [-0.3, -0.25) is 9.59 Å². The number of hydrogen-bond donors (Lipinski definition) is 1. The van der Waals surface area contributed by atoms with E-state index in [-0.39, 0.29) is 24.2 Å². The maximum absolute atomic E-state index is 13.5. The number of thioether (sulfide) groups is 1. The molecule has 3 aromatic carbocycles. The molecule has 1 N–H and O–H groups in total. The summed E-state index contributed by atoms with van der Waals surface area (Å²) in [6, 6.07) is 21.1. The maximum atomic E-state index is 13.5. The Labute approximate surface area is 202 Å². The Hall–Kier alpha value is -3.42. The summed E-state index contributed by atoms with van der Waals surface area (Å²) in [5, 5.41) is 2.88. The average Bonchev–Trinajstić information content (AvgIpc) is 2.86. The fraction of sp³-hybridized carbons (Fsp3) is 0.185. The van der Waals surface area contributed by atoms with Crippen molar-refractivity contribution >= 4 is 35.3 Å². The number of amides is 2. The van der Waals surface area contributed by atoms with Crippen LogP contribution in [0.4, 0.5) is 10.1 Å². The molecule has 4 rings (SSSR count). The van der Waals surface area contributed by atoms with E-state index in [0.717, 1.165) is 16.0 Å². The van der Waals surface area contributed by atoms with Crippen LogP contribution in [0.2, 0.25) is 0 Å². The lowest BCUT2D eigenvalue weighted by Gasteiger charge is -2.31. The summed E-state index contributed by atoms with van der Waals surface area (Å²) in [4.78, 5) is 29.3. The molecule has 3 aromatic rings. The third-order valence-electron chi connectivity index (χ3n) is 5.35. The van der Waals surface area contributed by atoms with E-state index in [4.69, 9.17) is 4.74 Å². The lowest BCUT2D eigenvalue weighted by Crippen LogP contribution is -2.34. The monoisotopic (exact) mass is 476 g/mol. The highest BCUT2D eigenvalue weighted by atomic mass is 32.2. The number of fused-ring (bicyclic) bond motifs is 1. The molecule has 0 atom stereocenters. The summed E-state index contributed by atoms with van der Waals surface area (Å²) in [5.41, 5.74) is 2.86. The summed E-state index contributed by atoms with van der Waals surface area (Å²) < 4.78 is 18.5. The van der Waals surface area contributed by atoms with E-state index < -0.39 is 0 Å². The molecule has 7 heteroatoms. The van der Waals surface area contributed by atoms with Gasteiger partial charge >= 0.3 is 0 Å². The van der Waals surface area contributed by atoms with Gasteiger partial charge in [0.15, 0.2) is 0 Å². The first-order valence-electron chi connectivity index (χ1n) is 11.0. The predicted molar refractivity (Wildman–Crippen MR) is 133 cm³/mol. The lowest BCUT2D eigenvalue weighted by molar-refractivity contribution is -0.114. The summed E-state index contributed by atoms with van der Waals surface area (Å²) in [6.45, 7) is 1.33. The Kier molecular flexibility index (Phi) is 7.77. The number of anilines is 1. The van der Waals surface area contributed by atoms with Crippen LogP contribution in [0.1, 0.15) is 27.9 Å². The zero-order chi connectivity index (χ0) is 23.9. The minimum absolute atomic E-state index is 0.164. The number of nitrogens with zero attached hydrogens (tertiary/aromatic N) is 1. The predicted octanol–water partition coefficient (Wildman–Crippen LogP) is 5.27. The van der Waals surface area contributed by atoms with E-state index in [1.54, 1.807) is 36.3 Å². The molecule has 1 heterocycles. The Morgan fingerprint density at radius 2 is 1.85 bits per heavy atom. The van der Waals surface area contributed by atoms with Crippen molar-refractivity contribution in [1.82, 2.24) is 5.32 Å². The number of benzene rings is 3. The van der Waals surface area contributed by atoms with Crippen molar-refractivity contribution in [3.8, 4) is 0 Å². The Morgan fingerprint density at radius 1 is 1.09 bits per heavy atom. The molecule has 1 aliphatic rings. The minimum atomic E-state index is -0.332. The zero-order valence-corrected chi connectivity index (χ0v) is 19.6. The molecule has 0 saturated heterocycles. The molecule has 0 unspecified atom stereocenters. The van der Waals surface area contributed by atoms with Crippen LogP contribution >= 0.6 is 11.8 Å². The number of hydrogen-bond acceptors (Lipinski definition) is 4. The molecule has 0 saturated carbocycles. The van der Waals surface area contributed by atoms with E-state index >= 15 is 0 Å². The molecular formula is C27H25FN2O3S. The standard InChI is InChI=1S/C27H25FN2O3S/c1-33-15-5-14-29-26(31)21-10-13-24-23(17-21)30(18-20-8-11-22(28)12-9-20)27(32)25(34-24)16-19-6-3-2-4-7-19/h2-4,6-13,16-17H,5,14-15,18H2,1H3,(H,29,31)/b25-16-. The van der Waals surface area contributed by atoms with Crippen molar-refractivity contribution in [1.29, 1.82) is 0 Å². The van der Waals surface area contributed by atoms with Gasteiger partial charge in [-0.1, -0.05) is 54.2 Å². The molecule has 0 aliphatic carbocycles. The number of nitrogens with one attached hydrogen (secondary N) is 1. The summed E-state index contributed by atoms with van der Waals surface area (Å²) in [6.07, 6.45) is 2.58. The smallest absolute Gasteiger partial charge is 0.265 e. The average molecular weight is 477 g/mol. The van der Waals surface area contributed by atoms with Gasteiger partial charge in [0.05, 0.1) is 17.1 Å². The van der Waals surface area contributed by atoms with Gasteiger partial charge in [0.25, 0.3) is 11.8 Å². The topological polar surface area (TPSA) is 58.6 Å². The third kappa shape index (κ3) is 5.73. The minimum Gasteiger partial charge on any atom is -0.385 e. The second-order valence-electron chi connectivity index (χ2n) is 7.82. The van der Waals surface area contributed by atoms with Crippen molar-refractivity contribution in [2.75, 3.05) is 25.2 Å². The molecule has 0 aromatic heterocycles. The fourth-order valence-corrected chi connectivity index (χ4v) is 4.64. The van der Waals surface area contributed by atoms with Crippen molar-refractivity contribution in [3.05, 3.63) is 100 Å². The lowest BCUT2D eigenvalue weighted by atomic mass is 10.1. The molecule has 5 nitrogen and oxygen atoms in total. The van der Waals surface area contributed by atoms with Crippen LogP contribution in [0, 0.1) is 5.82 Å². The van der Waals surface area contributed by atoms with Gasteiger partial charge in [0.1, 0.15) is 5.82 Å². The van der Waals surface area contributed by atoms with Gasteiger partial charge in [0.2, 0.25) is 0 Å². The van der Waals surface area contributed by atoms with Gasteiger partial charge in [-0.15, -0.1) is 0 Å². The van der Waals surface area contributed by atoms with E-state index in [1.807, 2.05) is 42.5 Å². The highest BCUT2D eigenvalue weighted by molar-refractivity contribution is 8.04. The molecular weight excluding hydrogens is 451 g/mol. The van der Waals surface area contributed by atoms with Crippen molar-refractivity contribution < 1.29 is 18.7 Å². The number of methoxy groups -OCH3 is 1. The Balaban J connectivity index is 1.66. The van der Waals surface area contributed by atoms with Crippen molar-refractivity contribution in [2.45, 2.75) is 17.9 Å². The molecule has 0 spiro atoms. The SMILES string of the molecule is COCCCNC(=O)c1ccc2c(c1)N(Cc1ccc(F)cc1)C(=O)/C(=C/c1ccccc1)S2. The summed E-state index contributed by atoms with van der Waals surface area (Å²) >= 11 is 1.38. The van der Waals surface area contributed by atoms with Crippen LogP contribution in [0.15, 0.2) is 82.6 Å². The fourth-order valence-electron chi connectivity index (χ4n) is 3.60. The quantitative estimate of drug-likeness (QED) is 0.355. The number of carbonyl (C=O) groups excluding carboxylic acids is 2. The van der Waals surface area contributed by atoms with Crippen LogP contribution in [0.3, 0.4) is 0 Å². The first kappa shape index (κ1) is 23.7. The first-order valence-corrected chi connectivity index (χ1v) is 11.8. The van der Waals surface area contributed by atoms with Crippen molar-refractivity contribution in [2.24, 2.45) is 0 Å². The largest absolute Gasteiger partial charge is 0.385 e. The number of carbonyl (C=O) groups is 2. The van der Waals surface area contributed by atoms with E-state index in [9.17, 15) is 14.0 Å². The third-order valence-corrected chi connectivity index (χ3v) is 6.43. The zero-order valence-electron chi connectivity index (χ0n) is 18.8. The molecule has 174 valence electrons. The van der Waals surface area contributed by atoms with Gasteiger partial charge in [-0.05, 0) is 54.0 Å². The van der Waals surface area contributed by atoms with Crippen LogP contribution in [-0.2, 0) is 16.1 Å². The molecule has 1 aliphatic heterocycles. The van der Waals surface area contributed by atoms with Crippen LogP contribution in [0.25, 0.3) is 6.08 Å². The molecule has 0 radical (unpaired) electrons. The van der Waals surface area contributed by atoms with Gasteiger partial charge in [0, 0.05) is 30.7 Å². The molecule has 34 heavy (non-hydrogen) atoms. The van der Waals surface area contributed by atoms with Crippen LogP contribution < -0.4 is 10.2 Å². The van der Waals surface area contributed by atoms with Crippen LogP contribution in [-0.4, -0.2) is 32.1 Å². The van der Waals surface area contributed by atoms with Crippen LogP contribution in [0.5, 0.6) is 0 Å². The normalized spacial score (nSPS) is 14.2. The first-order chi connectivity index (χ1) is 16.5. The summed E-state index contributed by atoms with van der Waals surface area (Å²) in [7, 11) is 1.62. The van der Waals surface area contributed by atoms with Crippen molar-refractivity contribution in [3.63, 3.8) is 0 Å². The molecule has 0 fully saturated rings. The number of halogens is 1. The highest BCUT2D eigenvalue weighted by Crippen LogP contribution is 2.43. The van der Waals surface area contributed by atoms with Gasteiger partial charge in [-0.2, -0.15) is 0 Å². The summed E-state index contributed by atoms with van der Waals surface area (Å²) in [5.74, 6) is -0.700. The van der Waals surface area contributed by atoms with Gasteiger partial charge < -0.3 is 15.0 Å². The number of rotatable bonds is 8. The second kappa shape index (κ2) is 11.1. The van der Waals surface area contributed by atoms with Gasteiger partial charge in [-0.25, -0.2) is 4.39 Å². The molecule has 2 amide bonds. The Morgan fingerprint density at radius 3 is 2.59 bits per heavy atom. The second-order valence-corrected chi connectivity index (χ2v) is 8.91. The Bertz CT molecular complexity index is 1200. The van der Waals surface area contributed by atoms with E-state index in [2.05, 4.69) is 5.32 Å². The molecule has 0 bridgehead atoms. The van der Waals surface area contributed by atoms with E-state index in [0.29, 0.717) is 35.7 Å². The van der Waals surface area contributed by atoms with E-state index in [1.165, 1.54) is 23.9 Å². The number of ether oxygens (including phenoxy) is 1.